The fourth-order valence-corrected chi connectivity index (χ4v) is 10.5. The van der Waals surface area contributed by atoms with Gasteiger partial charge in [-0.1, -0.05) is 47.0 Å². The maximum Gasteiger partial charge on any atom is 0.251 e. The van der Waals surface area contributed by atoms with Crippen molar-refractivity contribution < 1.29 is 14.3 Å². The van der Waals surface area contributed by atoms with E-state index in [1.165, 1.54) is 64.2 Å². The standard InChI is InChI=1S/C33H51NO3/c1-7-22-18-24-27-13-12-25(33(27,4)17-15-28(24)32(3)16-9-8-10-26(22)32)21(2)20-34-31(35)23-11-14-29(36-5)30(19-23)37-6/h11,14,19,21-22,24-28H,7-10,12-13,15-18,20H2,1-6H3,(H,34,35)/t21-,22+,24?,25?,26?,27?,28+,32?,33?/m1/s1. The highest BCUT2D eigenvalue weighted by Crippen LogP contribution is 2.69. The van der Waals surface area contributed by atoms with Crippen LogP contribution in [0.5, 0.6) is 11.5 Å². The summed E-state index contributed by atoms with van der Waals surface area (Å²) in [6.07, 6.45) is 14.3. The Kier molecular flexibility index (Phi) is 7.59. The van der Waals surface area contributed by atoms with Crippen molar-refractivity contribution in [3.8, 4) is 11.5 Å². The molecule has 0 aromatic heterocycles. The number of ether oxygens (including phenoxy) is 2. The minimum absolute atomic E-state index is 0.0226. The van der Waals surface area contributed by atoms with E-state index in [4.69, 9.17) is 9.47 Å². The average Bonchev–Trinajstić information content (AvgIpc) is 3.27. The predicted octanol–water partition coefficient (Wildman–Crippen LogP) is 7.75. The molecular weight excluding hydrogens is 458 g/mol. The van der Waals surface area contributed by atoms with Gasteiger partial charge in [0.1, 0.15) is 0 Å². The Balaban J connectivity index is 1.27. The number of carbonyl (C=O) groups excluding carboxylic acids is 1. The third kappa shape index (κ3) is 4.48. The molecule has 0 radical (unpaired) electrons. The maximum absolute atomic E-state index is 13.0. The molecule has 0 saturated heterocycles. The molecule has 1 aromatic rings. The van der Waals surface area contributed by atoms with Crippen molar-refractivity contribution in [2.24, 2.45) is 52.3 Å². The monoisotopic (exact) mass is 509 g/mol. The molecule has 206 valence electrons. The molecule has 1 amide bonds. The molecule has 4 aliphatic carbocycles. The lowest BCUT2D eigenvalue weighted by Gasteiger charge is -2.63. The quantitative estimate of drug-likeness (QED) is 0.409. The van der Waals surface area contributed by atoms with E-state index in [9.17, 15) is 4.79 Å². The topological polar surface area (TPSA) is 47.6 Å². The lowest BCUT2D eigenvalue weighted by atomic mass is 9.42. The van der Waals surface area contributed by atoms with Gasteiger partial charge in [-0.2, -0.15) is 0 Å². The van der Waals surface area contributed by atoms with Crippen LogP contribution in [0.1, 0.15) is 102 Å². The third-order valence-electron chi connectivity index (χ3n) is 12.3. The normalized spacial score (nSPS) is 39.6. The SMILES string of the molecule is CC[C@H]1CC2C3CCC([C@H](C)CNC(=O)c4ccc(OC)c(OC)c4)C3(C)CC[C@@H]2C2(C)CCCCC12. The molecule has 1 N–H and O–H groups in total. The van der Waals surface area contributed by atoms with Crippen molar-refractivity contribution in [1.82, 2.24) is 5.32 Å². The molecule has 4 fully saturated rings. The van der Waals surface area contributed by atoms with Crippen LogP contribution < -0.4 is 14.8 Å². The van der Waals surface area contributed by atoms with Gasteiger partial charge in [-0.25, -0.2) is 0 Å². The lowest BCUT2D eigenvalue weighted by Crippen LogP contribution is -2.55. The number of methoxy groups -OCH3 is 2. The fourth-order valence-electron chi connectivity index (χ4n) is 10.5. The summed E-state index contributed by atoms with van der Waals surface area (Å²) in [7, 11) is 3.23. The van der Waals surface area contributed by atoms with Gasteiger partial charge in [-0.3, -0.25) is 4.79 Å². The second kappa shape index (κ2) is 10.5. The predicted molar refractivity (Wildman–Crippen MR) is 150 cm³/mol. The first-order valence-corrected chi connectivity index (χ1v) is 15.3. The van der Waals surface area contributed by atoms with E-state index in [2.05, 4.69) is 33.0 Å². The van der Waals surface area contributed by atoms with Crippen LogP contribution in [0.2, 0.25) is 0 Å². The van der Waals surface area contributed by atoms with Crippen molar-refractivity contribution in [2.45, 2.75) is 91.9 Å². The Morgan fingerprint density at radius 1 is 0.973 bits per heavy atom. The first kappa shape index (κ1) is 26.9. The second-order valence-electron chi connectivity index (χ2n) is 13.6. The smallest absolute Gasteiger partial charge is 0.251 e. The molecular formula is C33H51NO3. The van der Waals surface area contributed by atoms with E-state index in [0.29, 0.717) is 39.7 Å². The Hall–Kier alpha value is -1.71. The summed E-state index contributed by atoms with van der Waals surface area (Å²) >= 11 is 0. The summed E-state index contributed by atoms with van der Waals surface area (Å²) in [6.45, 7) is 10.9. The van der Waals surface area contributed by atoms with E-state index in [-0.39, 0.29) is 5.91 Å². The summed E-state index contributed by atoms with van der Waals surface area (Å²) in [5.41, 5.74) is 1.63. The Morgan fingerprint density at radius 3 is 2.46 bits per heavy atom. The molecule has 0 heterocycles. The van der Waals surface area contributed by atoms with E-state index < -0.39 is 0 Å². The number of amides is 1. The van der Waals surface area contributed by atoms with Crippen molar-refractivity contribution in [3.05, 3.63) is 23.8 Å². The molecule has 0 spiro atoms. The van der Waals surface area contributed by atoms with E-state index >= 15 is 0 Å². The summed E-state index contributed by atoms with van der Waals surface area (Å²) < 4.78 is 10.7. The minimum Gasteiger partial charge on any atom is -0.493 e. The van der Waals surface area contributed by atoms with Crippen molar-refractivity contribution >= 4 is 5.91 Å². The van der Waals surface area contributed by atoms with E-state index in [1.807, 2.05) is 12.1 Å². The van der Waals surface area contributed by atoms with Crippen molar-refractivity contribution in [3.63, 3.8) is 0 Å². The van der Waals surface area contributed by atoms with Crippen molar-refractivity contribution in [2.75, 3.05) is 20.8 Å². The minimum atomic E-state index is -0.0226. The van der Waals surface area contributed by atoms with Crippen LogP contribution in [-0.4, -0.2) is 26.7 Å². The molecule has 37 heavy (non-hydrogen) atoms. The Labute approximate surface area is 225 Å². The molecule has 4 saturated carbocycles. The van der Waals surface area contributed by atoms with Crippen LogP contribution in [0.3, 0.4) is 0 Å². The number of carbonyl (C=O) groups is 1. The van der Waals surface area contributed by atoms with Crippen LogP contribution in [0, 0.1) is 52.3 Å². The van der Waals surface area contributed by atoms with Gasteiger partial charge in [-0.05, 0) is 115 Å². The number of hydrogen-bond acceptors (Lipinski definition) is 3. The summed E-state index contributed by atoms with van der Waals surface area (Å²) in [5, 5.41) is 3.26. The van der Waals surface area contributed by atoms with Gasteiger partial charge in [0, 0.05) is 12.1 Å². The van der Waals surface area contributed by atoms with Crippen LogP contribution in [-0.2, 0) is 0 Å². The average molecular weight is 510 g/mol. The summed E-state index contributed by atoms with van der Waals surface area (Å²) in [6, 6.07) is 5.41. The van der Waals surface area contributed by atoms with Crippen LogP contribution >= 0.6 is 0 Å². The Bertz CT molecular complexity index is 976. The molecule has 1 aromatic carbocycles. The second-order valence-corrected chi connectivity index (χ2v) is 13.6. The van der Waals surface area contributed by atoms with Gasteiger partial charge >= 0.3 is 0 Å². The number of benzene rings is 1. The molecule has 6 unspecified atom stereocenters. The molecule has 9 atom stereocenters. The zero-order chi connectivity index (χ0) is 26.4. The number of rotatable bonds is 7. The van der Waals surface area contributed by atoms with Crippen LogP contribution in [0.4, 0.5) is 0 Å². The lowest BCUT2D eigenvalue weighted by molar-refractivity contribution is -0.137. The van der Waals surface area contributed by atoms with Gasteiger partial charge in [0.15, 0.2) is 11.5 Å². The van der Waals surface area contributed by atoms with Crippen LogP contribution in [0.25, 0.3) is 0 Å². The van der Waals surface area contributed by atoms with Gasteiger partial charge in [0.25, 0.3) is 5.91 Å². The first-order valence-electron chi connectivity index (χ1n) is 15.3. The largest absolute Gasteiger partial charge is 0.493 e. The first-order chi connectivity index (χ1) is 17.8. The maximum atomic E-state index is 13.0. The van der Waals surface area contributed by atoms with Gasteiger partial charge < -0.3 is 14.8 Å². The van der Waals surface area contributed by atoms with Gasteiger partial charge in [0.05, 0.1) is 14.2 Å². The Morgan fingerprint density at radius 2 is 1.73 bits per heavy atom. The number of fused-ring (bicyclic) bond motifs is 5. The highest BCUT2D eigenvalue weighted by Gasteiger charge is 2.61. The van der Waals surface area contributed by atoms with E-state index in [0.717, 1.165) is 36.1 Å². The van der Waals surface area contributed by atoms with E-state index in [1.54, 1.807) is 20.3 Å². The van der Waals surface area contributed by atoms with Crippen molar-refractivity contribution in [1.29, 1.82) is 0 Å². The zero-order valence-corrected chi connectivity index (χ0v) is 24.3. The van der Waals surface area contributed by atoms with Crippen LogP contribution in [0.15, 0.2) is 18.2 Å². The van der Waals surface area contributed by atoms with Gasteiger partial charge in [-0.15, -0.1) is 0 Å². The zero-order valence-electron chi connectivity index (χ0n) is 24.3. The molecule has 4 aliphatic rings. The summed E-state index contributed by atoms with van der Waals surface area (Å²) in [5.74, 6) is 7.04. The molecule has 4 heteroatoms. The molecule has 0 bridgehead atoms. The fraction of sp³-hybridized carbons (Fsp3) is 0.788. The highest BCUT2D eigenvalue weighted by molar-refractivity contribution is 5.94. The number of hydrogen-bond donors (Lipinski definition) is 1. The summed E-state index contributed by atoms with van der Waals surface area (Å²) in [4.78, 5) is 13.0. The molecule has 5 rings (SSSR count). The van der Waals surface area contributed by atoms with Gasteiger partial charge in [0.2, 0.25) is 0 Å². The molecule has 0 aliphatic heterocycles. The third-order valence-corrected chi connectivity index (χ3v) is 12.3. The molecule has 4 nitrogen and oxygen atoms in total. The number of nitrogens with one attached hydrogen (secondary N) is 1. The highest BCUT2D eigenvalue weighted by atomic mass is 16.5.